The van der Waals surface area contributed by atoms with E-state index in [0.717, 1.165) is 12.6 Å². The molecule has 0 saturated carbocycles. The predicted octanol–water partition coefficient (Wildman–Crippen LogP) is 0.171. The molecule has 0 radical (unpaired) electrons. The summed E-state index contributed by atoms with van der Waals surface area (Å²) >= 11 is 0. The summed E-state index contributed by atoms with van der Waals surface area (Å²) in [6, 6.07) is 4.98. The van der Waals surface area contributed by atoms with E-state index < -0.39 is 0 Å². The Labute approximate surface area is 103 Å². The lowest BCUT2D eigenvalue weighted by Crippen LogP contribution is -2.61. The number of hydrogen-bond acceptors (Lipinski definition) is 4. The third kappa shape index (κ3) is 2.65. The number of nitrogens with one attached hydrogen (secondary N) is 1. The molecule has 2 saturated heterocycles. The van der Waals surface area contributed by atoms with Crippen LogP contribution in [0.2, 0.25) is 0 Å². The summed E-state index contributed by atoms with van der Waals surface area (Å²) < 4.78 is 0. The maximum Gasteiger partial charge on any atom is 0.0346 e. The minimum Gasteiger partial charge on any atom is -0.314 e. The zero-order valence-corrected chi connectivity index (χ0v) is 10.2. The molecule has 4 nitrogen and oxygen atoms in total. The van der Waals surface area contributed by atoms with Crippen molar-refractivity contribution < 1.29 is 0 Å². The summed E-state index contributed by atoms with van der Waals surface area (Å²) in [7, 11) is 0. The first-order valence-corrected chi connectivity index (χ1v) is 6.48. The monoisotopic (exact) mass is 232 g/mol. The minimum absolute atomic E-state index is 0.801. The average molecular weight is 232 g/mol. The first-order valence-electron chi connectivity index (χ1n) is 6.48. The smallest absolute Gasteiger partial charge is 0.0346 e. The Morgan fingerprint density at radius 1 is 1.24 bits per heavy atom. The Hall–Kier alpha value is -0.970. The third-order valence-electron chi connectivity index (χ3n) is 3.81. The van der Waals surface area contributed by atoms with Gasteiger partial charge in [0, 0.05) is 64.2 Å². The third-order valence-corrected chi connectivity index (χ3v) is 3.81. The van der Waals surface area contributed by atoms with E-state index in [-0.39, 0.29) is 0 Å². The van der Waals surface area contributed by atoms with E-state index in [0.29, 0.717) is 0 Å². The highest BCUT2D eigenvalue weighted by Crippen LogP contribution is 2.11. The van der Waals surface area contributed by atoms with Crippen LogP contribution in [-0.4, -0.2) is 60.1 Å². The zero-order valence-electron chi connectivity index (χ0n) is 10.2. The van der Waals surface area contributed by atoms with Crippen LogP contribution in [0.1, 0.15) is 5.56 Å². The van der Waals surface area contributed by atoms with Gasteiger partial charge in [0.1, 0.15) is 0 Å². The second kappa shape index (κ2) is 5.12. The summed E-state index contributed by atoms with van der Waals surface area (Å²) in [4.78, 5) is 9.32. The van der Waals surface area contributed by atoms with Gasteiger partial charge in [0.15, 0.2) is 0 Å². The standard InChI is InChI=1S/C13H20N4/c1-2-12(8-14-3-1)11-16-4-6-17(7-5-16)13-9-15-10-13/h1-3,8,13,15H,4-7,9-11H2. The normalized spacial score (nSPS) is 23.5. The van der Waals surface area contributed by atoms with Crippen molar-refractivity contribution in [3.63, 3.8) is 0 Å². The van der Waals surface area contributed by atoms with Crippen LogP contribution in [0, 0.1) is 0 Å². The Balaban J connectivity index is 1.48. The Kier molecular flexibility index (Phi) is 3.36. The fourth-order valence-corrected chi connectivity index (χ4v) is 2.57. The van der Waals surface area contributed by atoms with Gasteiger partial charge in [0.05, 0.1) is 0 Å². The molecule has 4 heteroatoms. The molecular formula is C13H20N4. The van der Waals surface area contributed by atoms with Crippen LogP contribution in [-0.2, 0) is 6.54 Å². The minimum atomic E-state index is 0.801. The lowest BCUT2D eigenvalue weighted by atomic mass is 10.1. The molecule has 1 aromatic heterocycles. The average Bonchev–Trinajstić information content (AvgIpc) is 2.31. The van der Waals surface area contributed by atoms with Crippen LogP contribution in [0.4, 0.5) is 0 Å². The summed E-state index contributed by atoms with van der Waals surface area (Å²) in [6.45, 7) is 8.21. The van der Waals surface area contributed by atoms with Gasteiger partial charge in [-0.2, -0.15) is 0 Å². The number of piperazine rings is 1. The fourth-order valence-electron chi connectivity index (χ4n) is 2.57. The molecule has 2 fully saturated rings. The molecule has 1 N–H and O–H groups in total. The van der Waals surface area contributed by atoms with Gasteiger partial charge in [0.25, 0.3) is 0 Å². The van der Waals surface area contributed by atoms with Crippen LogP contribution in [0.15, 0.2) is 24.5 Å². The lowest BCUT2D eigenvalue weighted by Gasteiger charge is -2.43. The van der Waals surface area contributed by atoms with Gasteiger partial charge in [-0.05, 0) is 11.6 Å². The molecule has 0 unspecified atom stereocenters. The molecule has 2 aliphatic rings. The molecule has 0 spiro atoms. The zero-order chi connectivity index (χ0) is 11.5. The van der Waals surface area contributed by atoms with Crippen molar-refractivity contribution in [2.75, 3.05) is 39.3 Å². The molecule has 17 heavy (non-hydrogen) atoms. The lowest BCUT2D eigenvalue weighted by molar-refractivity contribution is 0.0695. The Bertz CT molecular complexity index is 342. The Morgan fingerprint density at radius 2 is 2.06 bits per heavy atom. The van der Waals surface area contributed by atoms with E-state index in [1.807, 2.05) is 18.5 Å². The van der Waals surface area contributed by atoms with Gasteiger partial charge in [-0.3, -0.25) is 14.8 Å². The van der Waals surface area contributed by atoms with Crippen molar-refractivity contribution in [2.24, 2.45) is 0 Å². The van der Waals surface area contributed by atoms with Gasteiger partial charge in [-0.25, -0.2) is 0 Å². The van der Waals surface area contributed by atoms with Crippen molar-refractivity contribution in [3.05, 3.63) is 30.1 Å². The quantitative estimate of drug-likeness (QED) is 0.805. The molecule has 1 aromatic rings. The molecule has 0 atom stereocenters. The van der Waals surface area contributed by atoms with Crippen LogP contribution >= 0.6 is 0 Å². The van der Waals surface area contributed by atoms with Crippen LogP contribution in [0.25, 0.3) is 0 Å². The highest BCUT2D eigenvalue weighted by Gasteiger charge is 2.27. The molecule has 0 aliphatic carbocycles. The van der Waals surface area contributed by atoms with Crippen molar-refractivity contribution in [2.45, 2.75) is 12.6 Å². The maximum atomic E-state index is 4.17. The highest BCUT2D eigenvalue weighted by atomic mass is 15.3. The number of hydrogen-bond donors (Lipinski definition) is 1. The molecule has 0 amide bonds. The molecule has 0 bridgehead atoms. The molecule has 0 aromatic carbocycles. The van der Waals surface area contributed by atoms with E-state index in [4.69, 9.17) is 0 Å². The predicted molar refractivity (Wildman–Crippen MR) is 67.7 cm³/mol. The molecule has 92 valence electrons. The highest BCUT2D eigenvalue weighted by molar-refractivity contribution is 5.08. The molecule has 2 aliphatic heterocycles. The summed E-state index contributed by atoms with van der Waals surface area (Å²) in [5.74, 6) is 0. The summed E-state index contributed by atoms with van der Waals surface area (Å²) in [5, 5.41) is 3.35. The SMILES string of the molecule is c1cncc(CN2CCN(C3CNC3)CC2)c1. The molecular weight excluding hydrogens is 212 g/mol. The second-order valence-electron chi connectivity index (χ2n) is 4.99. The van der Waals surface area contributed by atoms with E-state index in [2.05, 4.69) is 26.2 Å². The Morgan fingerprint density at radius 3 is 2.65 bits per heavy atom. The van der Waals surface area contributed by atoms with E-state index in [9.17, 15) is 0 Å². The van der Waals surface area contributed by atoms with Crippen molar-refractivity contribution in [1.82, 2.24) is 20.1 Å². The summed E-state index contributed by atoms with van der Waals surface area (Å²) in [5.41, 5.74) is 1.33. The number of rotatable bonds is 3. The van der Waals surface area contributed by atoms with Crippen LogP contribution in [0.3, 0.4) is 0 Å². The van der Waals surface area contributed by atoms with Gasteiger partial charge >= 0.3 is 0 Å². The van der Waals surface area contributed by atoms with Gasteiger partial charge in [-0.15, -0.1) is 0 Å². The van der Waals surface area contributed by atoms with Crippen molar-refractivity contribution in [1.29, 1.82) is 0 Å². The molecule has 3 heterocycles. The topological polar surface area (TPSA) is 31.4 Å². The number of aromatic nitrogens is 1. The maximum absolute atomic E-state index is 4.17. The second-order valence-corrected chi connectivity index (χ2v) is 4.99. The van der Waals surface area contributed by atoms with E-state index >= 15 is 0 Å². The van der Waals surface area contributed by atoms with E-state index in [1.54, 1.807) is 0 Å². The first kappa shape index (κ1) is 11.1. The van der Waals surface area contributed by atoms with E-state index in [1.165, 1.54) is 44.8 Å². The van der Waals surface area contributed by atoms with Gasteiger partial charge in [0.2, 0.25) is 0 Å². The summed E-state index contributed by atoms with van der Waals surface area (Å²) in [6.07, 6.45) is 3.81. The number of nitrogens with zero attached hydrogens (tertiary/aromatic N) is 3. The largest absolute Gasteiger partial charge is 0.314 e. The van der Waals surface area contributed by atoms with Crippen LogP contribution < -0.4 is 5.32 Å². The first-order chi connectivity index (χ1) is 8.42. The van der Waals surface area contributed by atoms with Crippen LogP contribution in [0.5, 0.6) is 0 Å². The number of pyridine rings is 1. The van der Waals surface area contributed by atoms with Crippen molar-refractivity contribution in [3.8, 4) is 0 Å². The molecule has 3 rings (SSSR count). The van der Waals surface area contributed by atoms with Crippen molar-refractivity contribution >= 4 is 0 Å². The van der Waals surface area contributed by atoms with Gasteiger partial charge < -0.3 is 5.32 Å². The fraction of sp³-hybridized carbons (Fsp3) is 0.615. The van der Waals surface area contributed by atoms with Gasteiger partial charge in [-0.1, -0.05) is 6.07 Å².